The molecule has 1 aromatic carbocycles. The Labute approximate surface area is 90.0 Å². The van der Waals surface area contributed by atoms with Crippen LogP contribution in [0.15, 0.2) is 71.0 Å². The Morgan fingerprint density at radius 1 is 1.29 bits per heavy atom. The summed E-state index contributed by atoms with van der Waals surface area (Å²) < 4.78 is 0. The van der Waals surface area contributed by atoms with Crippen LogP contribution in [-0.2, 0) is 0 Å². The highest BCUT2D eigenvalue weighted by molar-refractivity contribution is 8.03. The van der Waals surface area contributed by atoms with Gasteiger partial charge < -0.3 is 0 Å². The Morgan fingerprint density at radius 3 is 2.57 bits per heavy atom. The first-order valence-corrected chi connectivity index (χ1v) is 5.37. The molecule has 0 aromatic heterocycles. The Kier molecular flexibility index (Phi) is 4.87. The van der Waals surface area contributed by atoms with Crippen molar-refractivity contribution in [1.82, 2.24) is 0 Å². The maximum Gasteiger partial charge on any atom is 0.0122 e. The highest BCUT2D eigenvalue weighted by Crippen LogP contribution is 2.26. The number of hydrogen-bond donors (Lipinski definition) is 0. The Bertz CT molecular complexity index is 334. The monoisotopic (exact) mass is 202 g/mol. The third-order valence-electron chi connectivity index (χ3n) is 1.59. The van der Waals surface area contributed by atoms with Gasteiger partial charge in [-0.1, -0.05) is 54.8 Å². The van der Waals surface area contributed by atoms with Gasteiger partial charge in [-0.2, -0.15) is 0 Å². The molecule has 0 fully saturated rings. The van der Waals surface area contributed by atoms with Crippen molar-refractivity contribution in [2.24, 2.45) is 0 Å². The van der Waals surface area contributed by atoms with Gasteiger partial charge in [-0.15, -0.1) is 0 Å². The smallest absolute Gasteiger partial charge is 0.0122 e. The van der Waals surface area contributed by atoms with Gasteiger partial charge >= 0.3 is 0 Å². The van der Waals surface area contributed by atoms with E-state index in [4.69, 9.17) is 0 Å². The summed E-state index contributed by atoms with van der Waals surface area (Å²) in [4.78, 5) is 2.45. The van der Waals surface area contributed by atoms with Gasteiger partial charge in [-0.25, -0.2) is 0 Å². The molecule has 0 aliphatic carbocycles. The highest BCUT2D eigenvalue weighted by Gasteiger charge is 1.94. The maximum atomic E-state index is 3.70. The Hall–Kier alpha value is -1.21. The van der Waals surface area contributed by atoms with Gasteiger partial charge in [-0.3, -0.25) is 0 Å². The van der Waals surface area contributed by atoms with Gasteiger partial charge in [-0.05, 0) is 25.1 Å². The van der Waals surface area contributed by atoms with E-state index in [0.29, 0.717) is 0 Å². The molecule has 0 spiro atoms. The van der Waals surface area contributed by atoms with E-state index in [0.717, 1.165) is 0 Å². The summed E-state index contributed by atoms with van der Waals surface area (Å²) in [6.07, 6.45) is 7.94. The third-order valence-corrected chi connectivity index (χ3v) is 2.61. The second kappa shape index (κ2) is 6.28. The van der Waals surface area contributed by atoms with Gasteiger partial charge in [0.05, 0.1) is 0 Å². The Balaban J connectivity index is 2.75. The van der Waals surface area contributed by atoms with E-state index in [2.05, 4.69) is 24.8 Å². The number of rotatable bonds is 4. The molecule has 0 radical (unpaired) electrons. The quantitative estimate of drug-likeness (QED) is 0.514. The molecule has 0 bridgehead atoms. The van der Waals surface area contributed by atoms with Crippen molar-refractivity contribution in [3.8, 4) is 0 Å². The van der Waals surface area contributed by atoms with Crippen LogP contribution < -0.4 is 0 Å². The topological polar surface area (TPSA) is 0 Å². The van der Waals surface area contributed by atoms with E-state index in [1.165, 1.54) is 9.80 Å². The van der Waals surface area contributed by atoms with Crippen molar-refractivity contribution in [3.63, 3.8) is 0 Å². The van der Waals surface area contributed by atoms with Crippen LogP contribution >= 0.6 is 11.8 Å². The number of hydrogen-bond acceptors (Lipinski definition) is 1. The van der Waals surface area contributed by atoms with Crippen LogP contribution in [0.1, 0.15) is 6.92 Å². The molecule has 0 heterocycles. The first kappa shape index (κ1) is 10.9. The molecule has 0 amide bonds. The lowest BCUT2D eigenvalue weighted by Gasteiger charge is -2.00. The average molecular weight is 202 g/mol. The zero-order chi connectivity index (χ0) is 10.2. The molecular weight excluding hydrogens is 188 g/mol. The van der Waals surface area contributed by atoms with Crippen molar-refractivity contribution in [2.75, 3.05) is 0 Å². The lowest BCUT2D eigenvalue weighted by atomic mass is 10.4. The van der Waals surface area contributed by atoms with Gasteiger partial charge in [0.25, 0.3) is 0 Å². The molecule has 0 N–H and O–H groups in total. The van der Waals surface area contributed by atoms with Crippen molar-refractivity contribution >= 4 is 11.8 Å². The van der Waals surface area contributed by atoms with E-state index >= 15 is 0 Å². The number of thioether (sulfide) groups is 1. The molecule has 1 heteroatoms. The minimum Gasteiger partial charge on any atom is -0.0990 e. The molecule has 0 saturated carbocycles. The molecule has 0 nitrogen and oxygen atoms in total. The average Bonchev–Trinajstić information content (AvgIpc) is 2.20. The van der Waals surface area contributed by atoms with E-state index in [9.17, 15) is 0 Å². The van der Waals surface area contributed by atoms with Crippen LogP contribution in [0.5, 0.6) is 0 Å². The molecule has 1 rings (SSSR count). The fourth-order valence-electron chi connectivity index (χ4n) is 1.03. The molecule has 14 heavy (non-hydrogen) atoms. The third kappa shape index (κ3) is 3.67. The summed E-state index contributed by atoms with van der Waals surface area (Å²) in [5.74, 6) is 0. The highest BCUT2D eigenvalue weighted by atomic mass is 32.2. The fourth-order valence-corrected chi connectivity index (χ4v) is 1.96. The van der Waals surface area contributed by atoms with E-state index in [1.54, 1.807) is 11.8 Å². The van der Waals surface area contributed by atoms with Crippen molar-refractivity contribution in [3.05, 3.63) is 66.1 Å². The minimum atomic E-state index is 1.20. The lowest BCUT2D eigenvalue weighted by Crippen LogP contribution is -1.72. The van der Waals surface area contributed by atoms with Crippen LogP contribution in [-0.4, -0.2) is 0 Å². The SMILES string of the molecule is C=C/C=C(\C=C/C)Sc1ccccc1. The molecule has 0 saturated heterocycles. The molecule has 0 aliphatic heterocycles. The summed E-state index contributed by atoms with van der Waals surface area (Å²) in [6.45, 7) is 5.72. The zero-order valence-corrected chi connectivity index (χ0v) is 9.13. The molecule has 0 atom stereocenters. The van der Waals surface area contributed by atoms with Crippen molar-refractivity contribution in [2.45, 2.75) is 11.8 Å². The van der Waals surface area contributed by atoms with Crippen LogP contribution in [0.3, 0.4) is 0 Å². The van der Waals surface area contributed by atoms with Crippen molar-refractivity contribution in [1.29, 1.82) is 0 Å². The lowest BCUT2D eigenvalue weighted by molar-refractivity contribution is 1.47. The largest absolute Gasteiger partial charge is 0.0990 e. The molecular formula is C13H14S. The van der Waals surface area contributed by atoms with Crippen LogP contribution in [0.2, 0.25) is 0 Å². The summed E-state index contributed by atoms with van der Waals surface area (Å²) in [7, 11) is 0. The standard InChI is InChI=1S/C13H14S/c1-3-8-12(9-4-2)14-13-10-6-5-7-11-13/h3-11H,1H2,2H3/b9-4-,12-8+. The number of benzene rings is 1. The minimum absolute atomic E-state index is 1.20. The molecule has 1 aromatic rings. The van der Waals surface area contributed by atoms with E-state index in [-0.39, 0.29) is 0 Å². The summed E-state index contributed by atoms with van der Waals surface area (Å²) in [5, 5.41) is 0. The summed E-state index contributed by atoms with van der Waals surface area (Å²) >= 11 is 1.74. The van der Waals surface area contributed by atoms with Crippen LogP contribution in [0, 0.1) is 0 Å². The first-order valence-electron chi connectivity index (χ1n) is 4.55. The molecule has 72 valence electrons. The maximum absolute atomic E-state index is 3.70. The number of allylic oxidation sites excluding steroid dienone is 4. The van der Waals surface area contributed by atoms with Gasteiger partial charge in [0, 0.05) is 9.80 Å². The second-order valence-corrected chi connectivity index (χ2v) is 3.87. The normalized spacial score (nSPS) is 11.9. The molecule has 0 aliphatic rings. The van der Waals surface area contributed by atoms with Gasteiger partial charge in [0.1, 0.15) is 0 Å². The predicted octanol–water partition coefficient (Wildman–Crippen LogP) is 4.42. The first-order chi connectivity index (χ1) is 6.86. The van der Waals surface area contributed by atoms with Gasteiger partial charge in [0.2, 0.25) is 0 Å². The van der Waals surface area contributed by atoms with E-state index < -0.39 is 0 Å². The zero-order valence-electron chi connectivity index (χ0n) is 8.31. The predicted molar refractivity (Wildman–Crippen MR) is 65.4 cm³/mol. The summed E-state index contributed by atoms with van der Waals surface area (Å²) in [5.41, 5.74) is 0. The fraction of sp³-hybridized carbons (Fsp3) is 0.0769. The Morgan fingerprint density at radius 2 is 2.00 bits per heavy atom. The van der Waals surface area contributed by atoms with Crippen LogP contribution in [0.4, 0.5) is 0 Å². The summed E-state index contributed by atoms with van der Waals surface area (Å²) in [6, 6.07) is 10.3. The molecule has 0 unspecified atom stereocenters. The van der Waals surface area contributed by atoms with Crippen LogP contribution in [0.25, 0.3) is 0 Å². The van der Waals surface area contributed by atoms with Crippen molar-refractivity contribution < 1.29 is 0 Å². The van der Waals surface area contributed by atoms with Gasteiger partial charge in [0.15, 0.2) is 0 Å². The second-order valence-electron chi connectivity index (χ2n) is 2.72. The van der Waals surface area contributed by atoms with E-state index in [1.807, 2.05) is 43.4 Å².